The predicted molar refractivity (Wildman–Crippen MR) is 117 cm³/mol. The third kappa shape index (κ3) is 12.2. The number of ether oxygens (including phenoxy) is 2. The van der Waals surface area contributed by atoms with Crippen molar-refractivity contribution >= 4 is 12.1 Å². The Kier molecular flexibility index (Phi) is 11.4. The normalized spacial score (nSPS) is 12.3. The summed E-state index contributed by atoms with van der Waals surface area (Å²) >= 11 is 0. The van der Waals surface area contributed by atoms with Crippen molar-refractivity contribution in [2.75, 3.05) is 0 Å². The molecule has 0 aliphatic carbocycles. The molecule has 1 N–H and O–H groups in total. The van der Waals surface area contributed by atoms with Crippen LogP contribution in [0.3, 0.4) is 0 Å². The summed E-state index contributed by atoms with van der Waals surface area (Å²) in [6.07, 6.45) is 8.95. The second-order valence-corrected chi connectivity index (χ2v) is 8.59. The number of nitrogens with one attached hydrogen (secondary N) is 1. The van der Waals surface area contributed by atoms with Crippen molar-refractivity contribution in [3.05, 3.63) is 29.8 Å². The molecule has 0 aromatic heterocycles. The molecule has 0 saturated heterocycles. The van der Waals surface area contributed by atoms with Crippen molar-refractivity contribution in [1.82, 2.24) is 5.32 Å². The molecule has 1 aromatic carbocycles. The van der Waals surface area contributed by atoms with Crippen LogP contribution in [-0.4, -0.2) is 23.7 Å². The first-order valence-electron chi connectivity index (χ1n) is 11.0. The van der Waals surface area contributed by atoms with Crippen molar-refractivity contribution in [2.24, 2.45) is 0 Å². The van der Waals surface area contributed by atoms with Crippen LogP contribution in [0.15, 0.2) is 24.3 Å². The van der Waals surface area contributed by atoms with Crippen LogP contribution in [0.2, 0.25) is 0 Å². The number of rotatable bonds is 12. The number of carbonyl (C=O) groups excluding carboxylic acids is 2. The van der Waals surface area contributed by atoms with Gasteiger partial charge in [-0.25, -0.2) is 4.79 Å². The summed E-state index contributed by atoms with van der Waals surface area (Å²) in [6, 6.07) is 7.40. The van der Waals surface area contributed by atoms with Gasteiger partial charge in [-0.2, -0.15) is 0 Å². The molecule has 0 radical (unpaired) electrons. The van der Waals surface area contributed by atoms with Crippen LogP contribution < -0.4 is 10.1 Å². The number of aryl methyl sites for hydroxylation is 1. The quantitative estimate of drug-likeness (QED) is 0.256. The van der Waals surface area contributed by atoms with Crippen LogP contribution in [0, 0.1) is 0 Å². The lowest BCUT2D eigenvalue weighted by atomic mass is 10.0. The lowest BCUT2D eigenvalue weighted by Gasteiger charge is -2.22. The van der Waals surface area contributed by atoms with Gasteiger partial charge in [-0.1, -0.05) is 58.1 Å². The summed E-state index contributed by atoms with van der Waals surface area (Å²) in [5, 5.41) is 2.73. The maximum Gasteiger partial charge on any atom is 0.407 e. The highest BCUT2D eigenvalue weighted by Gasteiger charge is 2.21. The Balaban J connectivity index is 2.38. The van der Waals surface area contributed by atoms with Gasteiger partial charge in [0.2, 0.25) is 0 Å². The van der Waals surface area contributed by atoms with E-state index in [1.807, 2.05) is 31.2 Å². The number of esters is 1. The van der Waals surface area contributed by atoms with Gasteiger partial charge in [-0.15, -0.1) is 0 Å². The van der Waals surface area contributed by atoms with E-state index < -0.39 is 11.7 Å². The molecule has 0 bridgehead atoms. The summed E-state index contributed by atoms with van der Waals surface area (Å²) in [6.45, 7) is 9.55. The smallest absolute Gasteiger partial charge is 0.407 e. The summed E-state index contributed by atoms with van der Waals surface area (Å²) in [7, 11) is 0. The highest BCUT2D eigenvalue weighted by Crippen LogP contribution is 2.16. The van der Waals surface area contributed by atoms with E-state index in [0.29, 0.717) is 12.2 Å². The first-order valence-corrected chi connectivity index (χ1v) is 11.0. The van der Waals surface area contributed by atoms with Gasteiger partial charge in [-0.05, 0) is 57.7 Å². The van der Waals surface area contributed by atoms with Gasteiger partial charge in [0.25, 0.3) is 0 Å². The molecule has 1 aromatic rings. The fourth-order valence-corrected chi connectivity index (χ4v) is 2.98. The lowest BCUT2D eigenvalue weighted by Crippen LogP contribution is -2.40. The lowest BCUT2D eigenvalue weighted by molar-refractivity contribution is -0.134. The largest absolute Gasteiger partial charge is 0.444 e. The number of alkyl carbamates (subject to hydrolysis) is 1. The van der Waals surface area contributed by atoms with E-state index in [9.17, 15) is 9.59 Å². The molecule has 1 unspecified atom stereocenters. The number of hydrogen-bond acceptors (Lipinski definition) is 4. The fraction of sp³-hybridized carbons (Fsp3) is 0.667. The zero-order valence-electron chi connectivity index (χ0n) is 18.9. The molecule has 29 heavy (non-hydrogen) atoms. The van der Waals surface area contributed by atoms with Crippen molar-refractivity contribution in [3.8, 4) is 5.75 Å². The third-order valence-corrected chi connectivity index (χ3v) is 4.60. The average molecular weight is 406 g/mol. The third-order valence-electron chi connectivity index (χ3n) is 4.60. The maximum absolute atomic E-state index is 12.2. The zero-order valence-corrected chi connectivity index (χ0v) is 18.9. The van der Waals surface area contributed by atoms with E-state index in [1.54, 1.807) is 20.8 Å². The van der Waals surface area contributed by atoms with Crippen LogP contribution in [0.1, 0.15) is 91.5 Å². The Morgan fingerprint density at radius 1 is 0.966 bits per heavy atom. The second kappa shape index (κ2) is 13.2. The number of carbonyl (C=O) groups is 2. The summed E-state index contributed by atoms with van der Waals surface area (Å²) in [4.78, 5) is 24.1. The van der Waals surface area contributed by atoms with Crippen LogP contribution >= 0.6 is 0 Å². The molecule has 1 atom stereocenters. The molecule has 0 heterocycles. The van der Waals surface area contributed by atoms with E-state index in [0.717, 1.165) is 6.42 Å². The van der Waals surface area contributed by atoms with Gasteiger partial charge in [0.1, 0.15) is 11.4 Å². The average Bonchev–Trinajstić information content (AvgIpc) is 2.63. The van der Waals surface area contributed by atoms with Crippen LogP contribution in [-0.2, 0) is 16.0 Å². The molecule has 1 rings (SSSR count). The number of hydrogen-bond donors (Lipinski definition) is 1. The molecule has 164 valence electrons. The van der Waals surface area contributed by atoms with Crippen molar-refractivity contribution in [2.45, 2.75) is 104 Å². The molecule has 0 aliphatic heterocycles. The Hall–Kier alpha value is -2.04. The number of amides is 1. The molecular weight excluding hydrogens is 366 g/mol. The van der Waals surface area contributed by atoms with E-state index in [1.165, 1.54) is 44.1 Å². The minimum Gasteiger partial charge on any atom is -0.444 e. The molecular formula is C24H39NO4. The minimum absolute atomic E-state index is 0.106. The predicted octanol–water partition coefficient (Wildman–Crippen LogP) is 6.19. The number of unbranched alkanes of at least 4 members (excludes halogenated alkanes) is 5. The molecule has 0 aliphatic rings. The van der Waals surface area contributed by atoms with Crippen molar-refractivity contribution in [1.29, 1.82) is 0 Å². The Bertz CT molecular complexity index is 604. The van der Waals surface area contributed by atoms with E-state index in [-0.39, 0.29) is 18.4 Å². The summed E-state index contributed by atoms with van der Waals surface area (Å²) < 4.78 is 10.7. The second-order valence-electron chi connectivity index (χ2n) is 8.59. The van der Waals surface area contributed by atoms with Gasteiger partial charge >= 0.3 is 12.1 Å². The molecule has 0 saturated carbocycles. The number of benzene rings is 1. The monoisotopic (exact) mass is 405 g/mol. The molecule has 0 spiro atoms. The summed E-state index contributed by atoms with van der Waals surface area (Å²) in [5.41, 5.74) is 0.693. The van der Waals surface area contributed by atoms with Crippen molar-refractivity contribution < 1.29 is 19.1 Å². The highest BCUT2D eigenvalue weighted by molar-refractivity contribution is 5.74. The first-order chi connectivity index (χ1) is 13.7. The minimum atomic E-state index is -0.569. The molecule has 1 amide bonds. The molecule has 0 fully saturated rings. The first kappa shape index (κ1) is 25.0. The Morgan fingerprint density at radius 2 is 1.59 bits per heavy atom. The zero-order chi connectivity index (χ0) is 21.7. The van der Waals surface area contributed by atoms with Crippen LogP contribution in [0.4, 0.5) is 4.79 Å². The van der Waals surface area contributed by atoms with Crippen LogP contribution in [0.5, 0.6) is 5.75 Å². The Morgan fingerprint density at radius 3 is 2.17 bits per heavy atom. The van der Waals surface area contributed by atoms with Crippen LogP contribution in [0.25, 0.3) is 0 Å². The fourth-order valence-electron chi connectivity index (χ4n) is 2.98. The topological polar surface area (TPSA) is 64.6 Å². The highest BCUT2D eigenvalue weighted by atomic mass is 16.6. The van der Waals surface area contributed by atoms with E-state index in [4.69, 9.17) is 9.47 Å². The SMILES string of the molecule is CCCCCCCCc1ccc(OC(=O)CC(CC)NC(=O)OC(C)(C)C)cc1. The van der Waals surface area contributed by atoms with Gasteiger partial charge in [0.05, 0.1) is 6.42 Å². The molecule has 5 heteroatoms. The van der Waals surface area contributed by atoms with Gasteiger partial charge in [0.15, 0.2) is 0 Å². The van der Waals surface area contributed by atoms with Gasteiger partial charge in [0, 0.05) is 6.04 Å². The summed E-state index contributed by atoms with van der Waals surface area (Å²) in [5.74, 6) is 0.172. The molecule has 5 nitrogen and oxygen atoms in total. The standard InChI is InChI=1S/C24H39NO4/c1-6-8-9-10-11-12-13-19-14-16-21(17-15-19)28-22(26)18-20(7-2)25-23(27)29-24(3,4)5/h14-17,20H,6-13,18H2,1-5H3,(H,25,27). The van der Waals surface area contributed by atoms with E-state index in [2.05, 4.69) is 12.2 Å². The Labute approximate surface area is 176 Å². The maximum atomic E-state index is 12.2. The van der Waals surface area contributed by atoms with E-state index >= 15 is 0 Å². The van der Waals surface area contributed by atoms with Gasteiger partial charge < -0.3 is 14.8 Å². The van der Waals surface area contributed by atoms with Crippen molar-refractivity contribution in [3.63, 3.8) is 0 Å². The van der Waals surface area contributed by atoms with Gasteiger partial charge in [-0.3, -0.25) is 4.79 Å².